The lowest BCUT2D eigenvalue weighted by atomic mass is 9.72. The zero-order valence-electron chi connectivity index (χ0n) is 9.03. The largest absolute Gasteiger partial charge is 0.468 e. The third-order valence-electron chi connectivity index (χ3n) is 2.95. The van der Waals surface area contributed by atoms with Crippen LogP contribution in [0.1, 0.15) is 19.8 Å². The monoisotopic (exact) mass is 212 g/mol. The van der Waals surface area contributed by atoms with Crippen LogP contribution >= 0.6 is 0 Å². The van der Waals surface area contributed by atoms with Crippen molar-refractivity contribution in [3.8, 4) is 0 Å². The fourth-order valence-electron chi connectivity index (χ4n) is 1.91. The van der Waals surface area contributed by atoms with E-state index in [9.17, 15) is 4.79 Å². The van der Waals surface area contributed by atoms with Gasteiger partial charge in [0, 0.05) is 0 Å². The number of methoxy groups -OCH3 is 1. The third-order valence-corrected chi connectivity index (χ3v) is 2.95. The molecule has 1 aliphatic rings. The van der Waals surface area contributed by atoms with Gasteiger partial charge in [-0.2, -0.15) is 0 Å². The molecule has 4 heteroatoms. The molecule has 1 aliphatic carbocycles. The number of esters is 1. The average molecular weight is 212 g/mol. The van der Waals surface area contributed by atoms with E-state index in [1.54, 1.807) is 12.2 Å². The Labute approximate surface area is 89.1 Å². The number of hydrogen-bond acceptors (Lipinski definition) is 4. The molecular formula is C11H16O4. The van der Waals surface area contributed by atoms with Crippen molar-refractivity contribution in [3.63, 3.8) is 0 Å². The maximum atomic E-state index is 11.7. The summed E-state index contributed by atoms with van der Waals surface area (Å²) in [4.78, 5) is 16.0. The first kappa shape index (κ1) is 11.9. The van der Waals surface area contributed by atoms with Gasteiger partial charge in [0.2, 0.25) is 0 Å². The number of carbonyl (C=O) groups excluding carboxylic acids is 1. The molecule has 0 aliphatic heterocycles. The Balaban J connectivity index is 3.08. The van der Waals surface area contributed by atoms with Crippen molar-refractivity contribution >= 4 is 5.97 Å². The van der Waals surface area contributed by atoms with Crippen LogP contribution in [0.4, 0.5) is 0 Å². The van der Waals surface area contributed by atoms with Crippen molar-refractivity contribution in [3.05, 3.63) is 24.3 Å². The average Bonchev–Trinajstić information content (AvgIpc) is 2.28. The molecule has 0 amide bonds. The Morgan fingerprint density at radius 2 is 2.47 bits per heavy atom. The summed E-state index contributed by atoms with van der Waals surface area (Å²) >= 11 is 0. The molecule has 4 nitrogen and oxygen atoms in total. The quantitative estimate of drug-likeness (QED) is 0.336. The Morgan fingerprint density at radius 1 is 1.80 bits per heavy atom. The van der Waals surface area contributed by atoms with Gasteiger partial charge in [0.05, 0.1) is 7.11 Å². The molecular weight excluding hydrogens is 196 g/mol. The lowest BCUT2D eigenvalue weighted by Crippen LogP contribution is -2.39. The Hall–Kier alpha value is -1.13. The number of hydrogen-bond donors (Lipinski definition) is 1. The first-order valence-electron chi connectivity index (χ1n) is 4.88. The highest BCUT2D eigenvalue weighted by molar-refractivity contribution is 5.83. The van der Waals surface area contributed by atoms with Crippen LogP contribution in [0.3, 0.4) is 0 Å². The lowest BCUT2D eigenvalue weighted by Gasteiger charge is -2.34. The molecule has 0 aromatic carbocycles. The van der Waals surface area contributed by atoms with E-state index in [-0.39, 0.29) is 5.97 Å². The summed E-state index contributed by atoms with van der Waals surface area (Å²) in [5.74, 6) is -0.368. The van der Waals surface area contributed by atoms with E-state index in [0.717, 1.165) is 0 Å². The van der Waals surface area contributed by atoms with Crippen LogP contribution in [-0.4, -0.2) is 24.4 Å². The second-order valence-corrected chi connectivity index (χ2v) is 3.57. The zero-order valence-corrected chi connectivity index (χ0v) is 9.03. The van der Waals surface area contributed by atoms with Crippen molar-refractivity contribution < 1.29 is 19.7 Å². The van der Waals surface area contributed by atoms with Crippen LogP contribution in [0, 0.1) is 5.41 Å². The van der Waals surface area contributed by atoms with E-state index >= 15 is 0 Å². The molecule has 0 spiro atoms. The molecule has 0 heterocycles. The molecule has 0 aromatic heterocycles. The molecule has 84 valence electrons. The zero-order chi connectivity index (χ0) is 11.5. The van der Waals surface area contributed by atoms with E-state index in [4.69, 9.17) is 9.99 Å². The SMILES string of the molecule is C=C1[C@H](OO)CC=C[C@]1(CC)C(=O)OC. The lowest BCUT2D eigenvalue weighted by molar-refractivity contribution is -0.270. The third kappa shape index (κ3) is 1.82. The highest BCUT2D eigenvalue weighted by Crippen LogP contribution is 2.40. The number of carbonyl (C=O) groups is 1. The summed E-state index contributed by atoms with van der Waals surface area (Å²) in [6.45, 7) is 5.69. The smallest absolute Gasteiger partial charge is 0.319 e. The maximum Gasteiger partial charge on any atom is 0.319 e. The molecule has 0 bridgehead atoms. The molecule has 0 aromatic rings. The van der Waals surface area contributed by atoms with Gasteiger partial charge in [-0.25, -0.2) is 4.89 Å². The summed E-state index contributed by atoms with van der Waals surface area (Å²) < 4.78 is 4.76. The molecule has 0 fully saturated rings. The highest BCUT2D eigenvalue weighted by atomic mass is 17.1. The summed E-state index contributed by atoms with van der Waals surface area (Å²) in [6.07, 6.45) is 4.10. The maximum absolute atomic E-state index is 11.7. The first-order chi connectivity index (χ1) is 7.12. The molecule has 1 N–H and O–H groups in total. The van der Waals surface area contributed by atoms with Crippen molar-refractivity contribution in [2.75, 3.05) is 7.11 Å². The van der Waals surface area contributed by atoms with Crippen LogP contribution in [-0.2, 0) is 14.4 Å². The topological polar surface area (TPSA) is 55.8 Å². The van der Waals surface area contributed by atoms with Gasteiger partial charge in [-0.15, -0.1) is 0 Å². The Morgan fingerprint density at radius 3 is 2.93 bits per heavy atom. The van der Waals surface area contributed by atoms with Gasteiger partial charge in [-0.3, -0.25) is 10.1 Å². The van der Waals surface area contributed by atoms with Crippen LogP contribution in [0.15, 0.2) is 24.3 Å². The Kier molecular flexibility index (Phi) is 3.66. The van der Waals surface area contributed by atoms with E-state index in [1.165, 1.54) is 7.11 Å². The molecule has 1 rings (SSSR count). The minimum absolute atomic E-state index is 0.368. The Bertz CT molecular complexity index is 295. The summed E-state index contributed by atoms with van der Waals surface area (Å²) in [5, 5.41) is 8.70. The molecule has 2 atom stereocenters. The van der Waals surface area contributed by atoms with Crippen molar-refractivity contribution in [1.29, 1.82) is 0 Å². The van der Waals surface area contributed by atoms with E-state index in [2.05, 4.69) is 11.5 Å². The van der Waals surface area contributed by atoms with E-state index in [0.29, 0.717) is 18.4 Å². The highest BCUT2D eigenvalue weighted by Gasteiger charge is 2.43. The standard InChI is InChI=1S/C11H16O4/c1-4-11(10(12)14-3)7-5-6-9(15-13)8(11)2/h5,7,9,13H,2,4,6H2,1,3H3/t9-,11+/m1/s1. The molecule has 15 heavy (non-hydrogen) atoms. The normalized spacial score (nSPS) is 30.3. The van der Waals surface area contributed by atoms with Crippen molar-refractivity contribution in [2.24, 2.45) is 5.41 Å². The van der Waals surface area contributed by atoms with Crippen LogP contribution in [0.25, 0.3) is 0 Å². The predicted octanol–water partition coefficient (Wildman–Crippen LogP) is 1.93. The fourth-order valence-corrected chi connectivity index (χ4v) is 1.91. The minimum Gasteiger partial charge on any atom is -0.468 e. The van der Waals surface area contributed by atoms with Crippen LogP contribution in [0.2, 0.25) is 0 Å². The predicted molar refractivity (Wildman–Crippen MR) is 55.1 cm³/mol. The van der Waals surface area contributed by atoms with Gasteiger partial charge in [0.15, 0.2) is 0 Å². The fraction of sp³-hybridized carbons (Fsp3) is 0.545. The molecule has 0 saturated heterocycles. The first-order valence-corrected chi connectivity index (χ1v) is 4.88. The van der Waals surface area contributed by atoms with E-state index < -0.39 is 11.5 Å². The van der Waals surface area contributed by atoms with Gasteiger partial charge >= 0.3 is 5.97 Å². The molecule has 0 radical (unpaired) electrons. The van der Waals surface area contributed by atoms with Gasteiger partial charge < -0.3 is 4.74 Å². The van der Waals surface area contributed by atoms with Gasteiger partial charge in [0.1, 0.15) is 11.5 Å². The second-order valence-electron chi connectivity index (χ2n) is 3.57. The van der Waals surface area contributed by atoms with Crippen LogP contribution in [0.5, 0.6) is 0 Å². The second kappa shape index (κ2) is 4.59. The molecule has 0 saturated carbocycles. The van der Waals surface area contributed by atoms with Gasteiger partial charge in [-0.05, 0) is 18.4 Å². The summed E-state index contributed by atoms with van der Waals surface area (Å²) in [6, 6.07) is 0. The minimum atomic E-state index is -0.861. The molecule has 0 unspecified atom stereocenters. The van der Waals surface area contributed by atoms with E-state index in [1.807, 2.05) is 6.92 Å². The van der Waals surface area contributed by atoms with Gasteiger partial charge in [0.25, 0.3) is 0 Å². The number of rotatable bonds is 3. The van der Waals surface area contributed by atoms with Gasteiger partial charge in [-0.1, -0.05) is 25.7 Å². The number of ether oxygens (including phenoxy) is 1. The summed E-state index contributed by atoms with van der Waals surface area (Å²) in [7, 11) is 1.34. The summed E-state index contributed by atoms with van der Waals surface area (Å²) in [5.41, 5.74) is -0.317. The van der Waals surface area contributed by atoms with Crippen molar-refractivity contribution in [2.45, 2.75) is 25.9 Å². The van der Waals surface area contributed by atoms with Crippen molar-refractivity contribution in [1.82, 2.24) is 0 Å². The van der Waals surface area contributed by atoms with Crippen LogP contribution < -0.4 is 0 Å².